The molecule has 0 radical (unpaired) electrons. The quantitative estimate of drug-likeness (QED) is 0.396. The number of nitrogens with one attached hydrogen (secondary N) is 1. The van der Waals surface area contributed by atoms with Gasteiger partial charge in [0.05, 0.1) is 5.02 Å². The van der Waals surface area contributed by atoms with Crippen molar-refractivity contribution in [3.63, 3.8) is 0 Å². The average Bonchev–Trinajstić information content (AvgIpc) is 3.09. The van der Waals surface area contributed by atoms with E-state index in [1.165, 1.54) is 12.1 Å². The molecule has 0 atom stereocenters. The number of aromatic nitrogens is 4. The van der Waals surface area contributed by atoms with Gasteiger partial charge in [-0.3, -0.25) is 0 Å². The Labute approximate surface area is 172 Å². The van der Waals surface area contributed by atoms with Gasteiger partial charge in [0, 0.05) is 30.5 Å². The third-order valence-corrected chi connectivity index (χ3v) is 5.45. The molecular weight excluding hydrogens is 401 g/mol. The monoisotopic (exact) mass is 421 g/mol. The maximum atomic E-state index is 13.2. The van der Waals surface area contributed by atoms with E-state index in [1.54, 1.807) is 22.5 Å². The number of benzene rings is 2. The molecule has 0 fully saturated rings. The number of para-hydroxylation sites is 1. The Balaban J connectivity index is 1.44. The van der Waals surface area contributed by atoms with Crippen LogP contribution >= 0.6 is 23.4 Å². The van der Waals surface area contributed by atoms with Crippen LogP contribution in [0.1, 0.15) is 17.5 Å². The van der Waals surface area contributed by atoms with E-state index in [4.69, 9.17) is 16.3 Å². The lowest BCUT2D eigenvalue weighted by Crippen LogP contribution is -2.16. The van der Waals surface area contributed by atoms with E-state index in [0.29, 0.717) is 18.2 Å². The highest BCUT2D eigenvalue weighted by Gasteiger charge is 2.07. The summed E-state index contributed by atoms with van der Waals surface area (Å²) in [5.74, 6) is 1.37. The van der Waals surface area contributed by atoms with E-state index in [1.807, 2.05) is 31.3 Å². The fourth-order valence-corrected chi connectivity index (χ4v) is 3.52. The average molecular weight is 422 g/mol. The van der Waals surface area contributed by atoms with Gasteiger partial charge in [0.1, 0.15) is 18.2 Å². The van der Waals surface area contributed by atoms with E-state index in [-0.39, 0.29) is 5.82 Å². The van der Waals surface area contributed by atoms with Crippen molar-refractivity contribution >= 4 is 23.4 Å². The zero-order chi connectivity index (χ0) is 19.8. The highest BCUT2D eigenvalue weighted by atomic mass is 35.5. The predicted octanol–water partition coefficient (Wildman–Crippen LogP) is 3.85. The number of nitrogens with zero attached hydrogens (tertiary/aromatic N) is 4. The molecule has 6 nitrogen and oxygen atoms in total. The van der Waals surface area contributed by atoms with Crippen LogP contribution in [0.4, 0.5) is 4.39 Å². The Kier molecular flexibility index (Phi) is 7.64. The van der Waals surface area contributed by atoms with Crippen LogP contribution in [0.3, 0.4) is 0 Å². The first kappa shape index (κ1) is 20.6. The Bertz CT molecular complexity index is 908. The predicted molar refractivity (Wildman–Crippen MR) is 108 cm³/mol. The van der Waals surface area contributed by atoms with Crippen molar-refractivity contribution in [3.8, 4) is 5.75 Å². The molecule has 1 aromatic heterocycles. The standard InChI is InChI=1S/C19H21ClFN5OS/c1-26-19(23-24-25-26)28-10-4-9-22-12-14-5-2-3-6-18(14)27-13-15-7-8-16(21)11-17(15)20/h2-3,5-8,11,22H,4,9-10,12-13H2,1H3. The third-order valence-electron chi connectivity index (χ3n) is 4.00. The second kappa shape index (κ2) is 10.4. The first-order chi connectivity index (χ1) is 13.6. The zero-order valence-corrected chi connectivity index (χ0v) is 17.0. The Morgan fingerprint density at radius 2 is 2.07 bits per heavy atom. The van der Waals surface area contributed by atoms with Gasteiger partial charge in [0.15, 0.2) is 0 Å². The van der Waals surface area contributed by atoms with E-state index in [0.717, 1.165) is 40.8 Å². The first-order valence-corrected chi connectivity index (χ1v) is 10.2. The van der Waals surface area contributed by atoms with E-state index >= 15 is 0 Å². The van der Waals surface area contributed by atoms with Gasteiger partial charge in [-0.05, 0) is 41.6 Å². The highest BCUT2D eigenvalue weighted by Crippen LogP contribution is 2.22. The molecular formula is C19H21ClFN5OS. The minimum atomic E-state index is -0.355. The summed E-state index contributed by atoms with van der Waals surface area (Å²) in [5.41, 5.74) is 1.81. The largest absolute Gasteiger partial charge is 0.489 e. The highest BCUT2D eigenvalue weighted by molar-refractivity contribution is 7.99. The summed E-state index contributed by atoms with van der Waals surface area (Å²) in [6.07, 6.45) is 0.992. The lowest BCUT2D eigenvalue weighted by atomic mass is 10.2. The molecule has 9 heteroatoms. The van der Waals surface area contributed by atoms with Crippen LogP contribution in [0.2, 0.25) is 5.02 Å². The molecule has 2 aromatic carbocycles. The number of rotatable bonds is 10. The Hall–Kier alpha value is -2.16. The van der Waals surface area contributed by atoms with Gasteiger partial charge >= 0.3 is 0 Å². The number of hydrogen-bond acceptors (Lipinski definition) is 6. The number of tetrazole rings is 1. The number of halogens is 2. The van der Waals surface area contributed by atoms with Crippen molar-refractivity contribution in [2.75, 3.05) is 12.3 Å². The van der Waals surface area contributed by atoms with Crippen LogP contribution < -0.4 is 10.1 Å². The lowest BCUT2D eigenvalue weighted by molar-refractivity contribution is 0.302. The topological polar surface area (TPSA) is 64.9 Å². The maximum Gasteiger partial charge on any atom is 0.209 e. The van der Waals surface area contributed by atoms with Crippen LogP contribution in [0.5, 0.6) is 5.75 Å². The molecule has 0 saturated heterocycles. The van der Waals surface area contributed by atoms with Crippen LogP contribution in [0.25, 0.3) is 0 Å². The summed E-state index contributed by atoms with van der Waals surface area (Å²) in [5, 5.41) is 16.0. The third kappa shape index (κ3) is 5.92. The fourth-order valence-electron chi connectivity index (χ4n) is 2.51. The molecule has 3 aromatic rings. The van der Waals surface area contributed by atoms with E-state index in [2.05, 4.69) is 20.8 Å². The van der Waals surface area contributed by atoms with Gasteiger partial charge in [0.25, 0.3) is 0 Å². The van der Waals surface area contributed by atoms with Crippen molar-refractivity contribution in [1.29, 1.82) is 0 Å². The second-order valence-corrected chi connectivity index (χ2v) is 7.57. The van der Waals surface area contributed by atoms with Crippen molar-refractivity contribution in [3.05, 3.63) is 64.4 Å². The molecule has 1 N–H and O–H groups in total. The minimum absolute atomic E-state index is 0.290. The van der Waals surface area contributed by atoms with Gasteiger partial charge in [-0.25, -0.2) is 9.07 Å². The number of aryl methyl sites for hydroxylation is 1. The molecule has 0 saturated carbocycles. The first-order valence-electron chi connectivity index (χ1n) is 8.84. The van der Waals surface area contributed by atoms with E-state index in [9.17, 15) is 4.39 Å². The van der Waals surface area contributed by atoms with Crippen LogP contribution in [0, 0.1) is 5.82 Å². The smallest absolute Gasteiger partial charge is 0.209 e. The minimum Gasteiger partial charge on any atom is -0.489 e. The van der Waals surface area contributed by atoms with Crippen molar-refractivity contribution < 1.29 is 9.13 Å². The molecule has 0 bridgehead atoms. The van der Waals surface area contributed by atoms with Gasteiger partial charge in [0.2, 0.25) is 5.16 Å². The van der Waals surface area contributed by atoms with Crippen molar-refractivity contribution in [2.45, 2.75) is 24.7 Å². The normalized spacial score (nSPS) is 11.0. The second-order valence-electron chi connectivity index (χ2n) is 6.10. The van der Waals surface area contributed by atoms with Crippen molar-refractivity contribution in [2.24, 2.45) is 7.05 Å². The Morgan fingerprint density at radius 1 is 1.21 bits per heavy atom. The van der Waals surface area contributed by atoms with Crippen LogP contribution in [-0.2, 0) is 20.2 Å². The van der Waals surface area contributed by atoms with Crippen LogP contribution in [0.15, 0.2) is 47.6 Å². The summed E-state index contributed by atoms with van der Waals surface area (Å²) in [7, 11) is 1.83. The molecule has 1 heterocycles. The number of hydrogen-bond donors (Lipinski definition) is 1. The molecule has 148 valence electrons. The molecule has 0 aliphatic heterocycles. The van der Waals surface area contributed by atoms with Crippen LogP contribution in [-0.4, -0.2) is 32.5 Å². The maximum absolute atomic E-state index is 13.2. The molecule has 0 unspecified atom stereocenters. The summed E-state index contributed by atoms with van der Waals surface area (Å²) < 4.78 is 20.7. The lowest BCUT2D eigenvalue weighted by Gasteiger charge is -2.13. The van der Waals surface area contributed by atoms with Gasteiger partial charge in [-0.15, -0.1) is 5.10 Å². The molecule has 0 aliphatic rings. The molecule has 0 spiro atoms. The summed E-state index contributed by atoms with van der Waals surface area (Å²) in [6, 6.07) is 12.2. The molecule has 28 heavy (non-hydrogen) atoms. The number of thioether (sulfide) groups is 1. The van der Waals surface area contributed by atoms with Crippen molar-refractivity contribution in [1.82, 2.24) is 25.5 Å². The summed E-state index contributed by atoms with van der Waals surface area (Å²) in [6.45, 7) is 1.86. The van der Waals surface area contributed by atoms with E-state index < -0.39 is 0 Å². The summed E-state index contributed by atoms with van der Waals surface area (Å²) >= 11 is 7.70. The zero-order valence-electron chi connectivity index (χ0n) is 15.4. The molecule has 3 rings (SSSR count). The fraction of sp³-hybridized carbons (Fsp3) is 0.316. The molecule has 0 amide bonds. The van der Waals surface area contributed by atoms with Gasteiger partial charge < -0.3 is 10.1 Å². The number of ether oxygens (including phenoxy) is 1. The summed E-state index contributed by atoms with van der Waals surface area (Å²) in [4.78, 5) is 0. The SMILES string of the molecule is Cn1nnnc1SCCCNCc1ccccc1OCc1ccc(F)cc1Cl. The Morgan fingerprint density at radius 3 is 2.86 bits per heavy atom. The van der Waals surface area contributed by atoms with Gasteiger partial charge in [-0.2, -0.15) is 0 Å². The molecule has 0 aliphatic carbocycles. The van der Waals surface area contributed by atoms with Gasteiger partial charge in [-0.1, -0.05) is 47.6 Å².